The molecule has 0 unspecified atom stereocenters. The van der Waals surface area contributed by atoms with Crippen LogP contribution in [0, 0.1) is 5.41 Å². The van der Waals surface area contributed by atoms with Gasteiger partial charge in [-0.05, 0) is 17.5 Å². The molecule has 0 bridgehead atoms. The molecule has 0 aliphatic heterocycles. The molecule has 1 aromatic rings. The van der Waals surface area contributed by atoms with Crippen molar-refractivity contribution >= 4 is 17.3 Å². The maximum Gasteiger partial charge on any atom is 0.224 e. The average Bonchev–Trinajstić information content (AvgIpc) is 2.14. The molecule has 1 aromatic carbocycles. The van der Waals surface area contributed by atoms with Crippen LogP contribution in [-0.2, 0) is 4.79 Å². The highest BCUT2D eigenvalue weighted by molar-refractivity contribution is 5.94. The van der Waals surface area contributed by atoms with Crippen molar-refractivity contribution < 1.29 is 4.79 Å². The van der Waals surface area contributed by atoms with Crippen molar-refractivity contribution in [2.75, 3.05) is 24.3 Å². The van der Waals surface area contributed by atoms with Crippen molar-refractivity contribution in [3.8, 4) is 0 Å². The molecule has 94 valence electrons. The van der Waals surface area contributed by atoms with Crippen molar-refractivity contribution in [2.24, 2.45) is 5.41 Å². The fourth-order valence-electron chi connectivity index (χ4n) is 1.65. The molecule has 0 saturated carbocycles. The minimum absolute atomic E-state index is 0.0111. The number of anilines is 2. The van der Waals surface area contributed by atoms with Crippen molar-refractivity contribution in [1.29, 1.82) is 0 Å². The average molecular weight is 234 g/mol. The minimum atomic E-state index is 0.0111. The number of amides is 1. The third kappa shape index (κ3) is 4.47. The SMILES string of the molecule is CN(C)c1ccccc1NC(=O)CC(C)(C)C. The molecule has 17 heavy (non-hydrogen) atoms. The zero-order chi connectivity index (χ0) is 13.1. The van der Waals surface area contributed by atoms with Crippen LogP contribution < -0.4 is 10.2 Å². The van der Waals surface area contributed by atoms with Crippen molar-refractivity contribution in [1.82, 2.24) is 0 Å². The van der Waals surface area contributed by atoms with Gasteiger partial charge in [-0.15, -0.1) is 0 Å². The summed E-state index contributed by atoms with van der Waals surface area (Å²) in [7, 11) is 3.93. The summed E-state index contributed by atoms with van der Waals surface area (Å²) in [6.07, 6.45) is 0.523. The molecule has 0 fully saturated rings. The highest BCUT2D eigenvalue weighted by Gasteiger charge is 2.16. The molecule has 1 rings (SSSR count). The smallest absolute Gasteiger partial charge is 0.224 e. The van der Waals surface area contributed by atoms with Gasteiger partial charge in [-0.25, -0.2) is 0 Å². The Labute approximate surface area is 104 Å². The number of hydrogen-bond acceptors (Lipinski definition) is 2. The Balaban J connectivity index is 2.78. The Hall–Kier alpha value is -1.51. The van der Waals surface area contributed by atoms with E-state index in [1.807, 2.05) is 43.3 Å². The highest BCUT2D eigenvalue weighted by Crippen LogP contribution is 2.25. The molecule has 0 saturated heterocycles. The highest BCUT2D eigenvalue weighted by atomic mass is 16.1. The third-order valence-corrected chi connectivity index (χ3v) is 2.35. The first-order chi connectivity index (χ1) is 7.79. The normalized spacial score (nSPS) is 11.1. The second-order valence-electron chi connectivity index (χ2n) is 5.70. The molecule has 0 aromatic heterocycles. The standard InChI is InChI=1S/C14H22N2O/c1-14(2,3)10-13(17)15-11-8-6-7-9-12(11)16(4)5/h6-9H,10H2,1-5H3,(H,15,17). The van der Waals surface area contributed by atoms with Gasteiger partial charge in [0.15, 0.2) is 0 Å². The Morgan fingerprint density at radius 1 is 1.24 bits per heavy atom. The first-order valence-corrected chi connectivity index (χ1v) is 5.86. The maximum atomic E-state index is 11.9. The van der Waals surface area contributed by atoms with Crippen LogP contribution in [0.2, 0.25) is 0 Å². The zero-order valence-corrected chi connectivity index (χ0v) is 11.4. The Bertz CT molecular complexity index is 391. The molecule has 3 heteroatoms. The molecule has 3 nitrogen and oxygen atoms in total. The van der Waals surface area contributed by atoms with Crippen LogP contribution in [0.1, 0.15) is 27.2 Å². The van der Waals surface area contributed by atoms with Crippen LogP contribution >= 0.6 is 0 Å². The van der Waals surface area contributed by atoms with E-state index in [-0.39, 0.29) is 11.3 Å². The first kappa shape index (κ1) is 13.6. The lowest BCUT2D eigenvalue weighted by molar-refractivity contribution is -0.117. The summed E-state index contributed by atoms with van der Waals surface area (Å²) in [5, 5.41) is 2.97. The lowest BCUT2D eigenvalue weighted by atomic mass is 9.92. The van der Waals surface area contributed by atoms with Gasteiger partial charge < -0.3 is 10.2 Å². The van der Waals surface area contributed by atoms with Crippen molar-refractivity contribution in [3.63, 3.8) is 0 Å². The molecular formula is C14H22N2O. The van der Waals surface area contributed by atoms with Gasteiger partial charge in [0.2, 0.25) is 5.91 Å². The number of benzene rings is 1. The topological polar surface area (TPSA) is 32.3 Å². The van der Waals surface area contributed by atoms with Gasteiger partial charge in [-0.2, -0.15) is 0 Å². The van der Waals surface area contributed by atoms with Crippen molar-refractivity contribution in [3.05, 3.63) is 24.3 Å². The van der Waals surface area contributed by atoms with Crippen LogP contribution in [0.25, 0.3) is 0 Å². The van der Waals surface area contributed by atoms with Gasteiger partial charge in [0.25, 0.3) is 0 Å². The van der Waals surface area contributed by atoms with Crippen LogP contribution in [0.5, 0.6) is 0 Å². The van der Waals surface area contributed by atoms with E-state index < -0.39 is 0 Å². The first-order valence-electron chi connectivity index (χ1n) is 5.86. The number of nitrogens with zero attached hydrogens (tertiary/aromatic N) is 1. The van der Waals surface area contributed by atoms with Gasteiger partial charge in [-0.3, -0.25) is 4.79 Å². The van der Waals surface area contributed by atoms with E-state index in [4.69, 9.17) is 0 Å². The number of para-hydroxylation sites is 2. The monoisotopic (exact) mass is 234 g/mol. The Morgan fingerprint density at radius 2 is 1.82 bits per heavy atom. The molecule has 1 N–H and O–H groups in total. The second kappa shape index (κ2) is 5.21. The quantitative estimate of drug-likeness (QED) is 0.871. The third-order valence-electron chi connectivity index (χ3n) is 2.35. The van der Waals surface area contributed by atoms with E-state index >= 15 is 0 Å². The second-order valence-corrected chi connectivity index (χ2v) is 5.70. The van der Waals surface area contributed by atoms with Crippen LogP contribution in [0.4, 0.5) is 11.4 Å². The number of hydrogen-bond donors (Lipinski definition) is 1. The lowest BCUT2D eigenvalue weighted by Gasteiger charge is -2.20. The largest absolute Gasteiger partial charge is 0.376 e. The minimum Gasteiger partial charge on any atom is -0.376 e. The fraction of sp³-hybridized carbons (Fsp3) is 0.500. The molecule has 0 aliphatic carbocycles. The van der Waals surface area contributed by atoms with Gasteiger partial charge >= 0.3 is 0 Å². The summed E-state index contributed by atoms with van der Waals surface area (Å²) < 4.78 is 0. The molecule has 0 heterocycles. The van der Waals surface area contributed by atoms with Gasteiger partial charge in [-0.1, -0.05) is 32.9 Å². The fourth-order valence-corrected chi connectivity index (χ4v) is 1.65. The van der Waals surface area contributed by atoms with E-state index in [9.17, 15) is 4.79 Å². The van der Waals surface area contributed by atoms with E-state index in [1.54, 1.807) is 0 Å². The van der Waals surface area contributed by atoms with E-state index in [0.717, 1.165) is 11.4 Å². The zero-order valence-electron chi connectivity index (χ0n) is 11.4. The predicted molar refractivity (Wildman–Crippen MR) is 73.5 cm³/mol. The molecule has 0 spiro atoms. The predicted octanol–water partition coefficient (Wildman–Crippen LogP) is 3.13. The number of carbonyl (C=O) groups excluding carboxylic acids is 1. The Morgan fingerprint density at radius 3 is 2.35 bits per heavy atom. The molecular weight excluding hydrogens is 212 g/mol. The molecule has 1 amide bonds. The van der Waals surface area contributed by atoms with Crippen molar-refractivity contribution in [2.45, 2.75) is 27.2 Å². The van der Waals surface area contributed by atoms with E-state index in [2.05, 4.69) is 26.1 Å². The number of nitrogens with one attached hydrogen (secondary N) is 1. The summed E-state index contributed by atoms with van der Waals surface area (Å²) in [6, 6.07) is 7.82. The van der Waals surface area contributed by atoms with Crippen LogP contribution in [-0.4, -0.2) is 20.0 Å². The van der Waals surface area contributed by atoms with Crippen LogP contribution in [0.15, 0.2) is 24.3 Å². The number of rotatable bonds is 3. The maximum absolute atomic E-state index is 11.9. The summed E-state index contributed by atoms with van der Waals surface area (Å²) in [6.45, 7) is 6.18. The Kier molecular flexibility index (Phi) is 4.16. The lowest BCUT2D eigenvalue weighted by Crippen LogP contribution is -2.21. The summed E-state index contributed by atoms with van der Waals surface area (Å²) >= 11 is 0. The molecule has 0 atom stereocenters. The number of carbonyl (C=O) groups is 1. The van der Waals surface area contributed by atoms with Gasteiger partial charge in [0.05, 0.1) is 11.4 Å². The van der Waals surface area contributed by atoms with E-state index in [1.165, 1.54) is 0 Å². The van der Waals surface area contributed by atoms with Crippen LogP contribution in [0.3, 0.4) is 0 Å². The molecule has 0 aliphatic rings. The summed E-state index contributed by atoms with van der Waals surface area (Å²) in [4.78, 5) is 13.9. The molecule has 0 radical (unpaired) electrons. The summed E-state index contributed by atoms with van der Waals surface area (Å²) in [5.74, 6) is 0.0619. The van der Waals surface area contributed by atoms with Gasteiger partial charge in [0, 0.05) is 20.5 Å². The summed E-state index contributed by atoms with van der Waals surface area (Å²) in [5.41, 5.74) is 1.90. The van der Waals surface area contributed by atoms with E-state index in [0.29, 0.717) is 6.42 Å². The van der Waals surface area contributed by atoms with Gasteiger partial charge in [0.1, 0.15) is 0 Å².